The van der Waals surface area contributed by atoms with Crippen molar-refractivity contribution >= 4 is 58.8 Å². The third-order valence-electron chi connectivity index (χ3n) is 12.5. The van der Waals surface area contributed by atoms with Gasteiger partial charge in [0.05, 0.1) is 90.4 Å². The Morgan fingerprint density at radius 2 is 0.964 bits per heavy atom. The maximum atomic E-state index is 13.8. The molecule has 448 valence electrons. The van der Waals surface area contributed by atoms with E-state index in [1.54, 1.807) is 86.8 Å². The molecule has 0 saturated heterocycles. The number of nitrogens with zero attached hydrogens (tertiary/aromatic N) is 2. The number of urea groups is 1. The molecule has 23 nitrogen and oxygen atoms in total. The minimum atomic E-state index is -0.855. The van der Waals surface area contributed by atoms with E-state index in [1.165, 1.54) is 87.1 Å². The Morgan fingerprint density at radius 3 is 1.39 bits per heavy atom. The van der Waals surface area contributed by atoms with Crippen LogP contribution in [0.5, 0.6) is 51.7 Å². The molecular formula is C60H73N3O20. The van der Waals surface area contributed by atoms with E-state index < -0.39 is 35.7 Å². The van der Waals surface area contributed by atoms with Crippen LogP contribution in [0.1, 0.15) is 27.8 Å². The van der Waals surface area contributed by atoms with Crippen molar-refractivity contribution < 1.29 is 89.9 Å². The molecule has 1 unspecified atom stereocenters. The quantitative estimate of drug-likeness (QED) is 0.0142. The summed E-state index contributed by atoms with van der Waals surface area (Å²) in [6.45, 7) is 3.09. The van der Waals surface area contributed by atoms with E-state index in [9.17, 15) is 24.0 Å². The van der Waals surface area contributed by atoms with Gasteiger partial charge in [-0.1, -0.05) is 0 Å². The molecule has 0 saturated carbocycles. The van der Waals surface area contributed by atoms with Gasteiger partial charge in [0.2, 0.25) is 17.2 Å². The fourth-order valence-corrected chi connectivity index (χ4v) is 8.25. The van der Waals surface area contributed by atoms with Gasteiger partial charge in [-0.15, -0.1) is 0 Å². The van der Waals surface area contributed by atoms with Gasteiger partial charge in [-0.3, -0.25) is 0 Å². The van der Waals surface area contributed by atoms with E-state index in [1.807, 2.05) is 11.9 Å². The lowest BCUT2D eigenvalue weighted by molar-refractivity contribution is -0.144. The van der Waals surface area contributed by atoms with Crippen LogP contribution in [0.4, 0.5) is 10.5 Å². The molecule has 83 heavy (non-hydrogen) atoms. The Labute approximate surface area is 482 Å². The van der Waals surface area contributed by atoms with E-state index in [0.717, 1.165) is 0 Å². The van der Waals surface area contributed by atoms with Crippen molar-refractivity contribution in [1.29, 1.82) is 0 Å². The van der Waals surface area contributed by atoms with Crippen molar-refractivity contribution in [2.45, 2.75) is 19.4 Å². The van der Waals surface area contributed by atoms with Crippen LogP contribution in [-0.4, -0.2) is 177 Å². The van der Waals surface area contributed by atoms with Gasteiger partial charge in [0.15, 0.2) is 34.5 Å². The van der Waals surface area contributed by atoms with Gasteiger partial charge in [0.25, 0.3) is 0 Å². The zero-order valence-electron chi connectivity index (χ0n) is 48.9. The third-order valence-corrected chi connectivity index (χ3v) is 12.5. The number of hydrogen-bond donors (Lipinski definition) is 1. The van der Waals surface area contributed by atoms with Crippen LogP contribution in [0.15, 0.2) is 82.0 Å². The topological polar surface area (TPSA) is 246 Å². The molecule has 2 amide bonds. The first-order chi connectivity index (χ1) is 40.0. The molecule has 0 aliphatic rings. The van der Waals surface area contributed by atoms with Crippen molar-refractivity contribution in [2.75, 3.05) is 143 Å². The van der Waals surface area contributed by atoms with Crippen molar-refractivity contribution in [1.82, 2.24) is 9.80 Å². The minimum absolute atomic E-state index is 0.0109. The predicted molar refractivity (Wildman–Crippen MR) is 309 cm³/mol. The van der Waals surface area contributed by atoms with Crippen molar-refractivity contribution in [2.24, 2.45) is 0 Å². The molecule has 5 rings (SSSR count). The molecule has 1 aromatic heterocycles. The minimum Gasteiger partial charge on any atom is -0.493 e. The van der Waals surface area contributed by atoms with E-state index in [4.69, 9.17) is 70.7 Å². The number of carbonyl (C=O) groups excluding carboxylic acids is 4. The molecule has 0 aliphatic carbocycles. The van der Waals surface area contributed by atoms with Crippen LogP contribution in [0.3, 0.4) is 0 Å². The molecule has 0 aliphatic heterocycles. The molecule has 23 heteroatoms. The Bertz CT molecular complexity index is 3080. The summed E-state index contributed by atoms with van der Waals surface area (Å²) in [4.78, 5) is 68.6. The number of fused-ring (bicyclic) bond motifs is 1. The normalized spacial score (nSPS) is 11.6. The molecule has 0 bridgehead atoms. The van der Waals surface area contributed by atoms with Gasteiger partial charge in [-0.25, -0.2) is 24.0 Å². The van der Waals surface area contributed by atoms with Gasteiger partial charge >= 0.3 is 29.6 Å². The first-order valence-corrected chi connectivity index (χ1v) is 25.9. The number of aryl methyl sites for hydroxylation is 1. The summed E-state index contributed by atoms with van der Waals surface area (Å²) < 4.78 is 82.3. The summed E-state index contributed by atoms with van der Waals surface area (Å²) in [6.07, 6.45) is 7.60. The van der Waals surface area contributed by atoms with Crippen LogP contribution in [0.25, 0.3) is 29.2 Å². The molecule has 1 atom stereocenters. The lowest BCUT2D eigenvalue weighted by Gasteiger charge is -2.24. The average Bonchev–Trinajstić information content (AvgIpc) is 3.58. The van der Waals surface area contributed by atoms with Crippen LogP contribution in [0, 0.1) is 6.92 Å². The van der Waals surface area contributed by atoms with E-state index in [0.29, 0.717) is 91.6 Å². The zero-order valence-corrected chi connectivity index (χ0v) is 48.9. The number of carbonyl (C=O) groups is 4. The number of amides is 2. The SMILES string of the molecule is COc1cc(C=CC(=O)OCCOCCN(C)CC(Cc2c(C)c3ccc(NC(=O)N(C)CCOCCOC(=O)C=Cc4cc(OC)c(OC)c(OC)c4)cc3oc2=O)OC(=O)C=Cc2cc(OC)c(OC)c(OC)c2)cc(OC)c1OC. The van der Waals surface area contributed by atoms with Gasteiger partial charge in [0.1, 0.15) is 24.9 Å². The first kappa shape index (κ1) is 64.9. The first-order valence-electron chi connectivity index (χ1n) is 25.9. The highest BCUT2D eigenvalue weighted by Crippen LogP contribution is 2.41. The summed E-state index contributed by atoms with van der Waals surface area (Å²) in [5.41, 5.74) is 2.65. The summed E-state index contributed by atoms with van der Waals surface area (Å²) in [7, 11) is 16.8. The summed E-state index contributed by atoms with van der Waals surface area (Å²) in [5.74, 6) is 1.92. The Balaban J connectivity index is 1.16. The standard InChI is InChI=1S/C60H73N3O20/c1-38-44-17-16-42(61-60(68)63(3)22-24-79-26-28-81-54(65)19-14-40-31-49(71-6)57(76-11)50(32-40)72-7)35-46(44)83-59(67)45(38)36-43(82-55(66)20-15-41-33-51(73-8)58(77-12)52(34-41)74-9)37-62(2)21-23-78-25-27-80-53(64)18-13-39-29-47(69-4)56(75-10)48(30-39)70-5/h13-20,29-35,43H,21-28,36-37H2,1-12H3,(H,61,68). The van der Waals surface area contributed by atoms with Gasteiger partial charge < -0.3 is 85.8 Å². The molecule has 0 spiro atoms. The summed E-state index contributed by atoms with van der Waals surface area (Å²) >= 11 is 0. The van der Waals surface area contributed by atoms with Gasteiger partial charge in [-0.05, 0) is 103 Å². The number of likely N-dealkylation sites (N-methyl/N-ethyl adjacent to an activating group) is 2. The zero-order chi connectivity index (χ0) is 60.4. The summed E-state index contributed by atoms with van der Waals surface area (Å²) in [6, 6.07) is 14.6. The molecule has 5 aromatic rings. The molecular weight excluding hydrogens is 1080 g/mol. The number of methoxy groups -OCH3 is 9. The van der Waals surface area contributed by atoms with Crippen LogP contribution in [0.2, 0.25) is 0 Å². The number of esters is 3. The van der Waals surface area contributed by atoms with Gasteiger partial charge in [0, 0.05) is 74.0 Å². The average molecular weight is 1160 g/mol. The number of nitrogens with one attached hydrogen (secondary N) is 1. The molecule has 1 heterocycles. The van der Waals surface area contributed by atoms with Crippen LogP contribution >= 0.6 is 0 Å². The molecule has 1 N–H and O–H groups in total. The van der Waals surface area contributed by atoms with Crippen LogP contribution in [-0.2, 0) is 44.5 Å². The molecule has 4 aromatic carbocycles. The van der Waals surface area contributed by atoms with Crippen molar-refractivity contribution in [3.8, 4) is 51.7 Å². The molecule has 0 radical (unpaired) electrons. The lowest BCUT2D eigenvalue weighted by atomic mass is 10.0. The maximum absolute atomic E-state index is 13.8. The van der Waals surface area contributed by atoms with E-state index in [-0.39, 0.29) is 70.3 Å². The Morgan fingerprint density at radius 1 is 0.542 bits per heavy atom. The highest BCUT2D eigenvalue weighted by atomic mass is 16.6. The highest BCUT2D eigenvalue weighted by Gasteiger charge is 2.23. The van der Waals surface area contributed by atoms with E-state index in [2.05, 4.69) is 5.32 Å². The van der Waals surface area contributed by atoms with Crippen molar-refractivity contribution in [3.05, 3.63) is 111 Å². The smallest absolute Gasteiger partial charge is 0.339 e. The fourth-order valence-electron chi connectivity index (χ4n) is 8.25. The lowest BCUT2D eigenvalue weighted by Crippen LogP contribution is -2.37. The predicted octanol–water partition coefficient (Wildman–Crippen LogP) is 7.29. The fraction of sp³-hybridized carbons (Fsp3) is 0.383. The van der Waals surface area contributed by atoms with Crippen molar-refractivity contribution in [3.63, 3.8) is 0 Å². The second-order valence-electron chi connectivity index (χ2n) is 18.0. The monoisotopic (exact) mass is 1160 g/mol. The second kappa shape index (κ2) is 33.1. The highest BCUT2D eigenvalue weighted by molar-refractivity contribution is 5.93. The number of rotatable bonds is 33. The number of ether oxygens (including phenoxy) is 14. The second-order valence-corrected chi connectivity index (χ2v) is 18.0. The number of benzene rings is 4. The molecule has 0 fully saturated rings. The Kier molecular flexibility index (Phi) is 25.9. The number of anilines is 1. The largest absolute Gasteiger partial charge is 0.493 e. The van der Waals surface area contributed by atoms with Gasteiger partial charge in [-0.2, -0.15) is 0 Å². The Hall–Kier alpha value is -8.93. The number of hydrogen-bond acceptors (Lipinski definition) is 21. The maximum Gasteiger partial charge on any atom is 0.339 e. The summed E-state index contributed by atoms with van der Waals surface area (Å²) in [5, 5.41) is 3.41. The third kappa shape index (κ3) is 19.1. The van der Waals surface area contributed by atoms with Crippen LogP contribution < -0.4 is 53.6 Å². The van der Waals surface area contributed by atoms with E-state index >= 15 is 0 Å².